The summed E-state index contributed by atoms with van der Waals surface area (Å²) < 4.78 is 0. The molecule has 0 aliphatic heterocycles. The summed E-state index contributed by atoms with van der Waals surface area (Å²) in [6.45, 7) is 1.96. The Balaban J connectivity index is 2.90. The van der Waals surface area contributed by atoms with Crippen LogP contribution in [-0.2, 0) is 6.42 Å². The second-order valence-electron chi connectivity index (χ2n) is 2.39. The lowest BCUT2D eigenvalue weighted by Crippen LogP contribution is -2.09. The summed E-state index contributed by atoms with van der Waals surface area (Å²) in [5.74, 6) is 3.00. The summed E-state index contributed by atoms with van der Waals surface area (Å²) >= 11 is 1.36. The van der Waals surface area contributed by atoms with Crippen molar-refractivity contribution in [3.63, 3.8) is 0 Å². The van der Waals surface area contributed by atoms with Crippen LogP contribution in [0, 0.1) is 12.3 Å². The fourth-order valence-corrected chi connectivity index (χ4v) is 1.42. The molecule has 0 saturated carbocycles. The Labute approximate surface area is 81.0 Å². The Bertz CT molecular complexity index is 378. The summed E-state index contributed by atoms with van der Waals surface area (Å²) in [7, 11) is 0. The zero-order valence-electron chi connectivity index (χ0n) is 7.33. The second kappa shape index (κ2) is 4.73. The van der Waals surface area contributed by atoms with Gasteiger partial charge in [0, 0.05) is 11.8 Å². The van der Waals surface area contributed by atoms with Crippen LogP contribution < -0.4 is 5.56 Å². The minimum atomic E-state index is -0.119. The molecule has 1 heterocycles. The first-order valence-corrected chi connectivity index (χ1v) is 4.91. The number of nitrogens with one attached hydrogen (secondary N) is 1. The molecule has 0 amide bonds. The lowest BCUT2D eigenvalue weighted by atomic mass is 10.3. The highest BCUT2D eigenvalue weighted by Gasteiger charge is 1.98. The summed E-state index contributed by atoms with van der Waals surface area (Å²) in [6, 6.07) is 1.50. The van der Waals surface area contributed by atoms with Crippen molar-refractivity contribution in [2.45, 2.75) is 18.5 Å². The van der Waals surface area contributed by atoms with Gasteiger partial charge in [0.15, 0.2) is 5.16 Å². The highest BCUT2D eigenvalue weighted by Crippen LogP contribution is 2.09. The highest BCUT2D eigenvalue weighted by molar-refractivity contribution is 7.99. The monoisotopic (exact) mass is 194 g/mol. The molecule has 4 heteroatoms. The van der Waals surface area contributed by atoms with Gasteiger partial charge in [-0.25, -0.2) is 4.98 Å². The Morgan fingerprint density at radius 2 is 2.54 bits per heavy atom. The molecule has 0 saturated heterocycles. The molecule has 1 aromatic rings. The minimum absolute atomic E-state index is 0.119. The molecule has 1 rings (SSSR count). The van der Waals surface area contributed by atoms with E-state index in [1.807, 2.05) is 6.92 Å². The first kappa shape index (κ1) is 9.87. The van der Waals surface area contributed by atoms with Crippen molar-refractivity contribution in [3.8, 4) is 12.3 Å². The maximum Gasteiger partial charge on any atom is 0.251 e. The molecule has 13 heavy (non-hydrogen) atoms. The lowest BCUT2D eigenvalue weighted by Gasteiger charge is -1.98. The molecule has 68 valence electrons. The number of aromatic amines is 1. The summed E-state index contributed by atoms with van der Waals surface area (Å²) in [5, 5.41) is 0.599. The van der Waals surface area contributed by atoms with E-state index in [-0.39, 0.29) is 5.56 Å². The van der Waals surface area contributed by atoms with E-state index in [9.17, 15) is 4.79 Å². The van der Waals surface area contributed by atoms with Crippen LogP contribution in [0.25, 0.3) is 0 Å². The molecule has 0 aliphatic rings. The summed E-state index contributed by atoms with van der Waals surface area (Å²) in [6.07, 6.45) is 5.85. The van der Waals surface area contributed by atoms with Gasteiger partial charge in [-0.1, -0.05) is 24.6 Å². The Hall–Kier alpha value is -1.21. The van der Waals surface area contributed by atoms with E-state index in [1.165, 1.54) is 17.8 Å². The third kappa shape index (κ3) is 2.96. The van der Waals surface area contributed by atoms with Gasteiger partial charge in [-0.3, -0.25) is 4.79 Å². The maximum absolute atomic E-state index is 11.1. The van der Waals surface area contributed by atoms with Crippen LogP contribution in [0.4, 0.5) is 0 Å². The normalized spacial score (nSPS) is 9.54. The molecule has 0 spiro atoms. The maximum atomic E-state index is 11.1. The van der Waals surface area contributed by atoms with Crippen molar-refractivity contribution in [3.05, 3.63) is 22.1 Å². The quantitative estimate of drug-likeness (QED) is 0.444. The highest BCUT2D eigenvalue weighted by atomic mass is 32.2. The van der Waals surface area contributed by atoms with Crippen LogP contribution in [0.3, 0.4) is 0 Å². The number of aromatic nitrogens is 2. The van der Waals surface area contributed by atoms with Crippen LogP contribution in [0.5, 0.6) is 0 Å². The van der Waals surface area contributed by atoms with E-state index in [0.717, 1.165) is 12.1 Å². The molecule has 0 aliphatic carbocycles. The topological polar surface area (TPSA) is 45.8 Å². The van der Waals surface area contributed by atoms with Gasteiger partial charge in [0.2, 0.25) is 0 Å². The predicted molar refractivity (Wildman–Crippen MR) is 53.8 cm³/mol. The molecule has 1 N–H and O–H groups in total. The number of terminal acetylenes is 1. The van der Waals surface area contributed by atoms with Crippen molar-refractivity contribution in [1.82, 2.24) is 9.97 Å². The molecular formula is C9H10N2OS. The van der Waals surface area contributed by atoms with Gasteiger partial charge in [0.05, 0.1) is 5.75 Å². The number of aryl methyl sites for hydroxylation is 1. The zero-order valence-corrected chi connectivity index (χ0v) is 8.15. The van der Waals surface area contributed by atoms with E-state index in [4.69, 9.17) is 6.42 Å². The Morgan fingerprint density at radius 1 is 1.77 bits per heavy atom. The molecule has 0 atom stereocenters. The van der Waals surface area contributed by atoms with Crippen molar-refractivity contribution in [2.75, 3.05) is 5.75 Å². The van der Waals surface area contributed by atoms with E-state index < -0.39 is 0 Å². The van der Waals surface area contributed by atoms with E-state index in [1.54, 1.807) is 0 Å². The third-order valence-electron chi connectivity index (χ3n) is 1.43. The number of rotatable bonds is 3. The van der Waals surface area contributed by atoms with Crippen molar-refractivity contribution in [2.24, 2.45) is 0 Å². The van der Waals surface area contributed by atoms with Crippen LogP contribution in [-0.4, -0.2) is 15.7 Å². The van der Waals surface area contributed by atoms with Crippen LogP contribution in [0.2, 0.25) is 0 Å². The standard InChI is InChI=1S/C9H10N2OS/c1-3-5-13-9-10-7(4-2)6-8(12)11-9/h1,6H,4-5H2,2H3,(H,10,11,12). The van der Waals surface area contributed by atoms with Crippen molar-refractivity contribution < 1.29 is 0 Å². The second-order valence-corrected chi connectivity index (χ2v) is 3.35. The SMILES string of the molecule is C#CCSc1nc(CC)cc(=O)[nH]1. The number of H-pyrrole nitrogens is 1. The van der Waals surface area contributed by atoms with Gasteiger partial charge >= 0.3 is 0 Å². The molecule has 3 nitrogen and oxygen atoms in total. The first-order chi connectivity index (χ1) is 6.26. The fourth-order valence-electron chi connectivity index (χ4n) is 0.843. The fraction of sp³-hybridized carbons (Fsp3) is 0.333. The van der Waals surface area contributed by atoms with Gasteiger partial charge in [-0.2, -0.15) is 0 Å². The molecule has 0 fully saturated rings. The van der Waals surface area contributed by atoms with E-state index in [2.05, 4.69) is 15.9 Å². The van der Waals surface area contributed by atoms with Crippen molar-refractivity contribution >= 4 is 11.8 Å². The predicted octanol–water partition coefficient (Wildman–Crippen LogP) is 1.06. The zero-order chi connectivity index (χ0) is 9.68. The molecular weight excluding hydrogens is 184 g/mol. The molecule has 0 aromatic carbocycles. The average molecular weight is 194 g/mol. The molecule has 1 aromatic heterocycles. The van der Waals surface area contributed by atoms with Gasteiger partial charge in [-0.15, -0.1) is 6.42 Å². The van der Waals surface area contributed by atoms with Crippen molar-refractivity contribution in [1.29, 1.82) is 0 Å². The number of nitrogens with zero attached hydrogens (tertiary/aromatic N) is 1. The summed E-state index contributed by atoms with van der Waals surface area (Å²) in [4.78, 5) is 17.9. The number of hydrogen-bond donors (Lipinski definition) is 1. The van der Waals surface area contributed by atoms with Crippen LogP contribution in [0.1, 0.15) is 12.6 Å². The number of hydrogen-bond acceptors (Lipinski definition) is 3. The van der Waals surface area contributed by atoms with E-state index >= 15 is 0 Å². The van der Waals surface area contributed by atoms with Gasteiger partial charge in [0.25, 0.3) is 5.56 Å². The van der Waals surface area contributed by atoms with E-state index in [0.29, 0.717) is 10.9 Å². The molecule has 0 unspecified atom stereocenters. The van der Waals surface area contributed by atoms with Gasteiger partial charge < -0.3 is 4.98 Å². The smallest absolute Gasteiger partial charge is 0.251 e. The largest absolute Gasteiger partial charge is 0.301 e. The average Bonchev–Trinajstić information content (AvgIpc) is 2.14. The lowest BCUT2D eigenvalue weighted by molar-refractivity contribution is 0.870. The van der Waals surface area contributed by atoms with Crippen LogP contribution >= 0.6 is 11.8 Å². The summed E-state index contributed by atoms with van der Waals surface area (Å²) in [5.41, 5.74) is 0.676. The van der Waals surface area contributed by atoms with Crippen LogP contribution in [0.15, 0.2) is 16.0 Å². The van der Waals surface area contributed by atoms with Gasteiger partial charge in [0.1, 0.15) is 0 Å². The number of thioether (sulfide) groups is 1. The first-order valence-electron chi connectivity index (χ1n) is 3.92. The Morgan fingerprint density at radius 3 is 3.15 bits per heavy atom. The minimum Gasteiger partial charge on any atom is -0.301 e. The van der Waals surface area contributed by atoms with Gasteiger partial charge in [-0.05, 0) is 6.42 Å². The molecule has 0 radical (unpaired) electrons. The third-order valence-corrected chi connectivity index (χ3v) is 2.21. The molecule has 0 bridgehead atoms. The Kier molecular flexibility index (Phi) is 3.59.